The fraction of sp³-hybridized carbons (Fsp3) is 0.907. The van der Waals surface area contributed by atoms with Crippen LogP contribution in [-0.2, 0) is 39.8 Å². The van der Waals surface area contributed by atoms with E-state index in [0.717, 1.165) is 18.1 Å². The molecule has 0 aromatic carbocycles. The van der Waals surface area contributed by atoms with Crippen LogP contribution in [0.3, 0.4) is 0 Å². The van der Waals surface area contributed by atoms with Crippen molar-refractivity contribution in [3.05, 3.63) is 16.6 Å². The SMILES string of the molecule is CC[C@H]1OC(=O)[C@H](C)[C@@H](O[C@H]2C[C@@](C)(OC)[C@@H](O)[C@H](C)O2)[C@H](C)[C@@H](O[C@H]2O[C@@H](C)C[C@@H](NCCNCCNCc3nccs3)[C@@H]2O)[C@](C)(O)C[C@@H](C)[C@H](O)[C@H](C)[C@@H](O)[C@]1(C)O. The van der Waals surface area contributed by atoms with Gasteiger partial charge in [0.2, 0.25) is 0 Å². The number of ether oxygens (including phenoxy) is 6. The molecule has 4 rings (SSSR count). The van der Waals surface area contributed by atoms with E-state index in [-0.39, 0.29) is 25.4 Å². The van der Waals surface area contributed by atoms with E-state index in [0.29, 0.717) is 26.1 Å². The Kier molecular flexibility index (Phi) is 19.4. The van der Waals surface area contributed by atoms with Crippen LogP contribution in [0.1, 0.15) is 99.9 Å². The average Bonchev–Trinajstić information content (AvgIpc) is 3.73. The Balaban J connectivity index is 1.63. The topological polar surface area (TPSA) is 243 Å². The fourth-order valence-corrected chi connectivity index (χ4v) is 10.1. The molecule has 18 heteroatoms. The minimum atomic E-state index is -1.95. The highest BCUT2D eigenvalue weighted by atomic mass is 32.1. The van der Waals surface area contributed by atoms with Crippen molar-refractivity contribution in [3.8, 4) is 0 Å². The second-order valence-electron chi connectivity index (χ2n) is 18.6. The molecule has 9 N–H and O–H groups in total. The molecule has 0 bridgehead atoms. The van der Waals surface area contributed by atoms with Crippen molar-refractivity contribution >= 4 is 17.3 Å². The lowest BCUT2D eigenvalue weighted by atomic mass is 9.73. The quantitative estimate of drug-likeness (QED) is 0.0894. The van der Waals surface area contributed by atoms with E-state index in [2.05, 4.69) is 20.9 Å². The molecular weight excluding hydrogens is 813 g/mol. The zero-order valence-electron chi connectivity index (χ0n) is 38.2. The molecular formula is C43H78N4O13S. The molecule has 3 aliphatic rings. The number of hydrogen-bond donors (Lipinski definition) is 9. The molecule has 19 atom stereocenters. The van der Waals surface area contributed by atoms with Gasteiger partial charge in [-0.25, -0.2) is 4.98 Å². The van der Waals surface area contributed by atoms with Crippen molar-refractivity contribution in [2.24, 2.45) is 23.7 Å². The molecule has 3 fully saturated rings. The maximum Gasteiger partial charge on any atom is 0.311 e. The molecule has 354 valence electrons. The maximum atomic E-state index is 14.2. The van der Waals surface area contributed by atoms with E-state index in [1.54, 1.807) is 72.9 Å². The smallest absolute Gasteiger partial charge is 0.311 e. The number of thiazole rings is 1. The van der Waals surface area contributed by atoms with Gasteiger partial charge < -0.3 is 75.0 Å². The number of nitrogens with one attached hydrogen (secondary N) is 3. The van der Waals surface area contributed by atoms with Crippen LogP contribution in [0.15, 0.2) is 11.6 Å². The summed E-state index contributed by atoms with van der Waals surface area (Å²) in [6.45, 7) is 20.2. The number of carbonyl (C=O) groups is 1. The van der Waals surface area contributed by atoms with Gasteiger partial charge in [-0.05, 0) is 66.7 Å². The lowest BCUT2D eigenvalue weighted by Crippen LogP contribution is -2.61. The first-order chi connectivity index (χ1) is 28.6. The Morgan fingerprint density at radius 2 is 1.56 bits per heavy atom. The minimum Gasteiger partial charge on any atom is -0.459 e. The first-order valence-corrected chi connectivity index (χ1v) is 23.0. The summed E-state index contributed by atoms with van der Waals surface area (Å²) in [6, 6.07) is -0.421. The largest absolute Gasteiger partial charge is 0.459 e. The van der Waals surface area contributed by atoms with E-state index in [1.165, 1.54) is 14.0 Å². The summed E-state index contributed by atoms with van der Waals surface area (Å²) in [5, 5.41) is 83.4. The van der Waals surface area contributed by atoms with E-state index in [1.807, 2.05) is 12.3 Å². The van der Waals surface area contributed by atoms with Crippen molar-refractivity contribution in [2.45, 2.75) is 192 Å². The summed E-state index contributed by atoms with van der Waals surface area (Å²) < 4.78 is 37.6. The van der Waals surface area contributed by atoms with Crippen LogP contribution in [0.2, 0.25) is 0 Å². The van der Waals surface area contributed by atoms with Crippen LogP contribution in [-0.4, -0.2) is 165 Å². The van der Waals surface area contributed by atoms with Gasteiger partial charge in [-0.3, -0.25) is 4.79 Å². The van der Waals surface area contributed by atoms with Crippen molar-refractivity contribution < 1.29 is 63.9 Å². The molecule has 0 amide bonds. The number of rotatable bonds is 15. The van der Waals surface area contributed by atoms with Crippen LogP contribution in [0.25, 0.3) is 0 Å². The Bertz CT molecular complexity index is 1460. The average molecular weight is 891 g/mol. The summed E-state index contributed by atoms with van der Waals surface area (Å²) in [6.07, 6.45) is -9.11. The van der Waals surface area contributed by atoms with Gasteiger partial charge in [0.15, 0.2) is 12.6 Å². The lowest BCUT2D eigenvalue weighted by molar-refractivity contribution is -0.316. The molecule has 0 aliphatic carbocycles. The van der Waals surface area contributed by atoms with Gasteiger partial charge in [0.25, 0.3) is 0 Å². The van der Waals surface area contributed by atoms with E-state index in [9.17, 15) is 35.4 Å². The number of methoxy groups -OCH3 is 1. The Morgan fingerprint density at radius 3 is 2.20 bits per heavy atom. The van der Waals surface area contributed by atoms with Crippen molar-refractivity contribution in [1.29, 1.82) is 0 Å². The van der Waals surface area contributed by atoms with Crippen LogP contribution in [0, 0.1) is 23.7 Å². The molecule has 17 nitrogen and oxygen atoms in total. The second kappa shape index (κ2) is 22.6. The Morgan fingerprint density at radius 1 is 0.885 bits per heavy atom. The molecule has 0 radical (unpaired) electrons. The highest BCUT2D eigenvalue weighted by molar-refractivity contribution is 7.09. The Labute approximate surface area is 366 Å². The molecule has 0 unspecified atom stereocenters. The maximum absolute atomic E-state index is 14.2. The highest BCUT2D eigenvalue weighted by Crippen LogP contribution is 2.41. The van der Waals surface area contributed by atoms with E-state index < -0.39 is 114 Å². The number of carbonyl (C=O) groups excluding carboxylic acids is 1. The van der Waals surface area contributed by atoms with Crippen LogP contribution < -0.4 is 16.0 Å². The number of esters is 1. The summed E-state index contributed by atoms with van der Waals surface area (Å²) >= 11 is 1.61. The van der Waals surface area contributed by atoms with Crippen molar-refractivity contribution in [3.63, 3.8) is 0 Å². The molecule has 0 spiro atoms. The number of nitrogens with zero attached hydrogens (tertiary/aromatic N) is 1. The number of cyclic esters (lactones) is 1. The predicted molar refractivity (Wildman–Crippen MR) is 228 cm³/mol. The van der Waals surface area contributed by atoms with E-state index >= 15 is 0 Å². The van der Waals surface area contributed by atoms with Crippen LogP contribution in [0.5, 0.6) is 0 Å². The van der Waals surface area contributed by atoms with Gasteiger partial charge in [-0.1, -0.05) is 27.7 Å². The molecule has 1 aromatic rings. The molecule has 3 aliphatic heterocycles. The number of aliphatic hydroxyl groups excluding tert-OH is 4. The number of hydrogen-bond acceptors (Lipinski definition) is 18. The third kappa shape index (κ3) is 13.1. The standard InChI is InChI=1S/C43H78N4O13S/c1-12-30-43(10,54)36(50)25(4)33(48)23(2)20-41(8,53)38(26(5)35(27(6)39(52)58-30)59-32-21-42(9,55-11)37(51)28(7)57-32)60-40-34(49)29(19-24(3)56-40)46-16-15-44-13-14-45-22-31-47-17-18-61-31/h17-18,23-30,32-38,40,44-46,48-51,53-54H,12-16,19-22H2,1-11H3/t23-,24+,25+,26+,27-,28+,29-,30-,32+,33+,34+,35+,36-,37+,38-,40-,41-,42-,43-/m1/s1. The molecule has 0 saturated carbocycles. The number of aliphatic hydroxyl groups is 6. The molecule has 4 heterocycles. The van der Waals surface area contributed by atoms with Gasteiger partial charge in [0, 0.05) is 75.7 Å². The van der Waals surface area contributed by atoms with Gasteiger partial charge >= 0.3 is 5.97 Å². The van der Waals surface area contributed by atoms with Gasteiger partial charge in [0.05, 0.1) is 53.7 Å². The highest BCUT2D eigenvalue weighted by Gasteiger charge is 2.53. The summed E-state index contributed by atoms with van der Waals surface area (Å²) in [5.74, 6) is -4.21. The molecule has 3 saturated heterocycles. The first kappa shape index (κ1) is 52.2. The zero-order chi connectivity index (χ0) is 45.4. The minimum absolute atomic E-state index is 0.0551. The molecule has 1 aromatic heterocycles. The Hall–Kier alpha value is -1.46. The summed E-state index contributed by atoms with van der Waals surface area (Å²) in [7, 11) is 1.49. The van der Waals surface area contributed by atoms with E-state index in [4.69, 9.17) is 28.4 Å². The third-order valence-corrected chi connectivity index (χ3v) is 14.1. The summed E-state index contributed by atoms with van der Waals surface area (Å²) in [4.78, 5) is 18.5. The normalized spacial score (nSPS) is 44.6. The first-order valence-electron chi connectivity index (χ1n) is 22.1. The molecule has 61 heavy (non-hydrogen) atoms. The van der Waals surface area contributed by atoms with Crippen molar-refractivity contribution in [2.75, 3.05) is 33.3 Å². The van der Waals surface area contributed by atoms with Gasteiger partial charge in [-0.2, -0.15) is 0 Å². The zero-order valence-corrected chi connectivity index (χ0v) is 39.0. The predicted octanol–water partition coefficient (Wildman–Crippen LogP) is 1.44. The number of aromatic nitrogens is 1. The lowest BCUT2D eigenvalue weighted by Gasteiger charge is -2.49. The summed E-state index contributed by atoms with van der Waals surface area (Å²) in [5.41, 5.74) is -4.78. The van der Waals surface area contributed by atoms with Gasteiger partial charge in [-0.15, -0.1) is 11.3 Å². The second-order valence-corrected chi connectivity index (χ2v) is 19.6. The van der Waals surface area contributed by atoms with Crippen molar-refractivity contribution in [1.82, 2.24) is 20.9 Å². The van der Waals surface area contributed by atoms with Crippen LogP contribution >= 0.6 is 11.3 Å². The third-order valence-electron chi connectivity index (χ3n) is 13.4. The fourth-order valence-electron chi connectivity index (χ4n) is 9.49. The van der Waals surface area contributed by atoms with Gasteiger partial charge in [0.1, 0.15) is 28.9 Å². The van der Waals surface area contributed by atoms with Crippen LogP contribution in [0.4, 0.5) is 0 Å². The monoisotopic (exact) mass is 891 g/mol.